The number of benzene rings is 4. The number of carbonyl (C=O) groups excluding carboxylic acids is 3. The van der Waals surface area contributed by atoms with Crippen molar-refractivity contribution in [2.75, 3.05) is 0 Å². The van der Waals surface area contributed by atoms with Gasteiger partial charge in [-0.2, -0.15) is 4.98 Å². The van der Waals surface area contributed by atoms with Gasteiger partial charge in [0.1, 0.15) is 17.7 Å². The Morgan fingerprint density at radius 2 is 1.51 bits per heavy atom. The van der Waals surface area contributed by atoms with E-state index < -0.39 is 35.6 Å². The second-order valence-electron chi connectivity index (χ2n) is 12.4. The molecule has 0 spiro atoms. The van der Waals surface area contributed by atoms with Gasteiger partial charge in [-0.3, -0.25) is 9.59 Å². The maximum atomic E-state index is 14.0. The minimum absolute atomic E-state index is 0.168. The van der Waals surface area contributed by atoms with Crippen LogP contribution in [0.2, 0.25) is 0 Å². The molecular formula is C37H39N5O5. The van der Waals surface area contributed by atoms with E-state index in [0.717, 1.165) is 21.9 Å². The first-order valence-corrected chi connectivity index (χ1v) is 15.5. The van der Waals surface area contributed by atoms with Crippen LogP contribution in [-0.2, 0) is 28.9 Å². The molecule has 242 valence electrons. The normalized spacial score (nSPS) is 12.6. The third-order valence-electron chi connectivity index (χ3n) is 7.34. The molecule has 10 nitrogen and oxygen atoms in total. The molecule has 0 fully saturated rings. The fourth-order valence-electron chi connectivity index (χ4n) is 5.14. The zero-order chi connectivity index (χ0) is 33.4. The Hall–Kier alpha value is -5.51. The number of hydrogen-bond acceptors (Lipinski definition) is 7. The van der Waals surface area contributed by atoms with Crippen molar-refractivity contribution in [3.8, 4) is 0 Å². The molecule has 10 heteroatoms. The van der Waals surface area contributed by atoms with Crippen molar-refractivity contribution in [1.29, 1.82) is 0 Å². The van der Waals surface area contributed by atoms with Crippen molar-refractivity contribution in [2.24, 2.45) is 0 Å². The van der Waals surface area contributed by atoms with Gasteiger partial charge < -0.3 is 25.2 Å². The van der Waals surface area contributed by atoms with Crippen molar-refractivity contribution < 1.29 is 23.6 Å². The summed E-state index contributed by atoms with van der Waals surface area (Å²) >= 11 is 0. The van der Waals surface area contributed by atoms with Gasteiger partial charge in [0.25, 0.3) is 5.91 Å². The lowest BCUT2D eigenvalue weighted by Gasteiger charge is -2.22. The number of hydrogen-bond donors (Lipinski definition) is 3. The van der Waals surface area contributed by atoms with Gasteiger partial charge in [0, 0.05) is 24.9 Å². The number of carbonyl (C=O) groups is 3. The van der Waals surface area contributed by atoms with Crippen LogP contribution in [0.5, 0.6) is 0 Å². The molecule has 0 bridgehead atoms. The molecule has 0 aliphatic rings. The molecule has 1 aromatic heterocycles. The number of amides is 3. The molecule has 0 saturated carbocycles. The van der Waals surface area contributed by atoms with E-state index in [4.69, 9.17) is 9.26 Å². The zero-order valence-electron chi connectivity index (χ0n) is 26.9. The summed E-state index contributed by atoms with van der Waals surface area (Å²) in [5.74, 6) is -0.0978. The molecule has 4 aromatic carbocycles. The molecule has 2 atom stereocenters. The summed E-state index contributed by atoms with van der Waals surface area (Å²) in [6.45, 7) is 7.25. The lowest BCUT2D eigenvalue weighted by atomic mass is 9.99. The lowest BCUT2D eigenvalue weighted by molar-refractivity contribution is -0.123. The molecule has 0 aliphatic carbocycles. The van der Waals surface area contributed by atoms with Crippen LogP contribution in [0.1, 0.15) is 65.6 Å². The largest absolute Gasteiger partial charge is 0.444 e. The number of rotatable bonds is 11. The maximum Gasteiger partial charge on any atom is 0.407 e. The van der Waals surface area contributed by atoms with Crippen molar-refractivity contribution in [2.45, 2.75) is 64.8 Å². The second kappa shape index (κ2) is 14.7. The summed E-state index contributed by atoms with van der Waals surface area (Å²) in [5, 5.41) is 14.8. The van der Waals surface area contributed by atoms with E-state index in [1.54, 1.807) is 52.0 Å². The van der Waals surface area contributed by atoms with Crippen LogP contribution in [-0.4, -0.2) is 39.7 Å². The average molecular weight is 634 g/mol. The molecule has 3 amide bonds. The number of nitrogens with one attached hydrogen (secondary N) is 3. The van der Waals surface area contributed by atoms with Crippen molar-refractivity contribution >= 4 is 28.7 Å². The van der Waals surface area contributed by atoms with Crippen LogP contribution >= 0.6 is 0 Å². The van der Waals surface area contributed by atoms with E-state index in [-0.39, 0.29) is 18.9 Å². The van der Waals surface area contributed by atoms with Gasteiger partial charge in [-0.1, -0.05) is 90.1 Å². The first kappa shape index (κ1) is 32.9. The fraction of sp³-hybridized carbons (Fsp3) is 0.270. The number of aromatic nitrogens is 2. The summed E-state index contributed by atoms with van der Waals surface area (Å²) in [6, 6.07) is 29.0. The molecule has 1 heterocycles. The Morgan fingerprint density at radius 1 is 0.787 bits per heavy atom. The van der Waals surface area contributed by atoms with E-state index in [9.17, 15) is 14.4 Å². The standard InChI is InChI=1S/C37H39N5O5/c1-24-39-35(47-42-24)32(21-25-11-6-5-7-12-25)41-34(44)31(22-26-17-18-28-14-8-9-15-29(28)19-26)40-33(43)30-16-10-13-27(20-30)23-38-36(45)46-37(2,3)4/h5-20,31-32H,21-23H2,1-4H3,(H,38,45)(H,40,43)(H,41,44)/t31?,32-/m1/s1. The quantitative estimate of drug-likeness (QED) is 0.162. The summed E-state index contributed by atoms with van der Waals surface area (Å²) < 4.78 is 10.8. The maximum absolute atomic E-state index is 14.0. The van der Waals surface area contributed by atoms with Gasteiger partial charge in [-0.15, -0.1) is 0 Å². The lowest BCUT2D eigenvalue weighted by Crippen LogP contribution is -2.49. The van der Waals surface area contributed by atoms with E-state index >= 15 is 0 Å². The van der Waals surface area contributed by atoms with Gasteiger partial charge >= 0.3 is 6.09 Å². The number of alkyl carbamates (subject to hydrolysis) is 1. The van der Waals surface area contributed by atoms with Crippen LogP contribution in [0, 0.1) is 6.92 Å². The number of aryl methyl sites for hydroxylation is 1. The molecular weight excluding hydrogens is 594 g/mol. The molecule has 0 saturated heterocycles. The second-order valence-corrected chi connectivity index (χ2v) is 12.4. The van der Waals surface area contributed by atoms with Gasteiger partial charge in [-0.25, -0.2) is 4.79 Å². The van der Waals surface area contributed by atoms with E-state index in [2.05, 4.69) is 26.1 Å². The van der Waals surface area contributed by atoms with Crippen molar-refractivity contribution in [3.63, 3.8) is 0 Å². The first-order chi connectivity index (χ1) is 22.5. The SMILES string of the molecule is Cc1noc([C@@H](Cc2ccccc2)NC(=O)C(Cc2ccc3ccccc3c2)NC(=O)c2cccc(CNC(=O)OC(C)(C)C)c2)n1. The topological polar surface area (TPSA) is 135 Å². The van der Waals surface area contributed by atoms with Gasteiger partial charge in [0.15, 0.2) is 5.82 Å². The average Bonchev–Trinajstić information content (AvgIpc) is 3.49. The Kier molecular flexibility index (Phi) is 10.3. The molecule has 0 radical (unpaired) electrons. The van der Waals surface area contributed by atoms with E-state index in [1.165, 1.54) is 0 Å². The van der Waals surface area contributed by atoms with Gasteiger partial charge in [0.2, 0.25) is 11.8 Å². The Morgan fingerprint density at radius 3 is 2.23 bits per heavy atom. The third kappa shape index (κ3) is 9.49. The molecule has 5 rings (SSSR count). The zero-order valence-corrected chi connectivity index (χ0v) is 26.9. The fourth-order valence-corrected chi connectivity index (χ4v) is 5.14. The van der Waals surface area contributed by atoms with Crippen LogP contribution in [0.25, 0.3) is 10.8 Å². The van der Waals surface area contributed by atoms with Crippen molar-refractivity contribution in [3.05, 3.63) is 131 Å². The Bertz CT molecular complexity index is 1850. The molecule has 0 aliphatic heterocycles. The smallest absolute Gasteiger partial charge is 0.407 e. The van der Waals surface area contributed by atoms with Crippen LogP contribution in [0.3, 0.4) is 0 Å². The van der Waals surface area contributed by atoms with Crippen LogP contribution in [0.4, 0.5) is 4.79 Å². The molecule has 47 heavy (non-hydrogen) atoms. The van der Waals surface area contributed by atoms with E-state index in [0.29, 0.717) is 23.4 Å². The highest BCUT2D eigenvalue weighted by molar-refractivity contribution is 5.98. The first-order valence-electron chi connectivity index (χ1n) is 15.5. The Labute approximate surface area is 273 Å². The highest BCUT2D eigenvalue weighted by Gasteiger charge is 2.28. The van der Waals surface area contributed by atoms with Crippen LogP contribution < -0.4 is 16.0 Å². The molecule has 5 aromatic rings. The predicted molar refractivity (Wildman–Crippen MR) is 178 cm³/mol. The summed E-state index contributed by atoms with van der Waals surface area (Å²) in [7, 11) is 0. The molecule has 1 unspecified atom stereocenters. The minimum Gasteiger partial charge on any atom is -0.444 e. The third-order valence-corrected chi connectivity index (χ3v) is 7.34. The number of fused-ring (bicyclic) bond motifs is 1. The minimum atomic E-state index is -0.936. The van der Waals surface area contributed by atoms with Crippen molar-refractivity contribution in [1.82, 2.24) is 26.1 Å². The van der Waals surface area contributed by atoms with Gasteiger partial charge in [-0.05, 0) is 67.3 Å². The van der Waals surface area contributed by atoms with Gasteiger partial charge in [0.05, 0.1) is 0 Å². The summed E-state index contributed by atoms with van der Waals surface area (Å²) in [5.41, 5.74) is 2.27. The Balaban J connectivity index is 1.37. The van der Waals surface area contributed by atoms with Crippen LogP contribution in [0.15, 0.2) is 102 Å². The number of ether oxygens (including phenoxy) is 1. The highest BCUT2D eigenvalue weighted by atomic mass is 16.6. The van der Waals surface area contributed by atoms with E-state index in [1.807, 2.05) is 72.8 Å². The predicted octanol–water partition coefficient (Wildman–Crippen LogP) is 6.00. The highest BCUT2D eigenvalue weighted by Crippen LogP contribution is 2.20. The summed E-state index contributed by atoms with van der Waals surface area (Å²) in [4.78, 5) is 44.2. The number of nitrogens with zero attached hydrogens (tertiary/aromatic N) is 2. The summed E-state index contributed by atoms with van der Waals surface area (Å²) in [6.07, 6.45) is 0.0989. The monoisotopic (exact) mass is 633 g/mol. The molecule has 3 N–H and O–H groups in total.